The van der Waals surface area contributed by atoms with E-state index in [9.17, 15) is 0 Å². The first-order chi connectivity index (χ1) is 10.8. The molecule has 2 aliphatic heterocycles. The quantitative estimate of drug-likeness (QED) is 0.668. The van der Waals surface area contributed by atoms with Gasteiger partial charge >= 0.3 is 0 Å². The Labute approximate surface area is 134 Å². The van der Waals surface area contributed by atoms with Crippen LogP contribution in [-0.4, -0.2) is 38.4 Å². The van der Waals surface area contributed by atoms with E-state index >= 15 is 0 Å². The molecule has 2 aliphatic rings. The summed E-state index contributed by atoms with van der Waals surface area (Å²) in [6.45, 7) is 5.94. The lowest BCUT2D eigenvalue weighted by Gasteiger charge is -2.37. The minimum atomic E-state index is 0.408. The minimum absolute atomic E-state index is 0.408. The SMILES string of the molecule is CSc1nc2c(c(N3Cc4cncn4C[C@H]3C)n1)CCNC2. The molecule has 4 rings (SSSR count). The minimum Gasteiger partial charge on any atom is -0.346 e. The van der Waals surface area contributed by atoms with Gasteiger partial charge in [0.05, 0.1) is 24.3 Å². The number of nitrogens with one attached hydrogen (secondary N) is 1. The highest BCUT2D eigenvalue weighted by atomic mass is 32.2. The van der Waals surface area contributed by atoms with Crippen molar-refractivity contribution in [3.63, 3.8) is 0 Å². The van der Waals surface area contributed by atoms with Crippen LogP contribution in [0.3, 0.4) is 0 Å². The number of nitrogens with zero attached hydrogens (tertiary/aromatic N) is 5. The van der Waals surface area contributed by atoms with Gasteiger partial charge in [0.2, 0.25) is 0 Å². The van der Waals surface area contributed by atoms with Crippen molar-refractivity contribution in [2.24, 2.45) is 0 Å². The zero-order valence-electron chi connectivity index (χ0n) is 12.9. The topological polar surface area (TPSA) is 58.9 Å². The Morgan fingerprint density at radius 1 is 1.36 bits per heavy atom. The molecule has 0 saturated heterocycles. The van der Waals surface area contributed by atoms with Crippen molar-refractivity contribution in [3.05, 3.63) is 29.5 Å². The lowest BCUT2D eigenvalue weighted by molar-refractivity contribution is 0.466. The highest BCUT2D eigenvalue weighted by molar-refractivity contribution is 7.98. The second kappa shape index (κ2) is 5.55. The van der Waals surface area contributed by atoms with Crippen LogP contribution >= 0.6 is 11.8 Å². The van der Waals surface area contributed by atoms with Crippen molar-refractivity contribution in [2.75, 3.05) is 17.7 Å². The fraction of sp³-hybridized carbons (Fsp3) is 0.533. The first-order valence-corrected chi connectivity index (χ1v) is 8.89. The molecule has 0 spiro atoms. The molecule has 116 valence electrons. The van der Waals surface area contributed by atoms with Crippen LogP contribution in [0.4, 0.5) is 5.82 Å². The number of hydrogen-bond donors (Lipinski definition) is 1. The fourth-order valence-corrected chi connectivity index (χ4v) is 3.67. The van der Waals surface area contributed by atoms with Gasteiger partial charge in [0.25, 0.3) is 0 Å². The van der Waals surface area contributed by atoms with Crippen molar-refractivity contribution in [2.45, 2.75) is 44.2 Å². The van der Waals surface area contributed by atoms with E-state index in [4.69, 9.17) is 9.97 Å². The van der Waals surface area contributed by atoms with E-state index in [1.54, 1.807) is 11.8 Å². The third-order valence-corrected chi connectivity index (χ3v) is 5.02. The molecule has 1 atom stereocenters. The van der Waals surface area contributed by atoms with Gasteiger partial charge < -0.3 is 14.8 Å². The molecule has 4 heterocycles. The number of rotatable bonds is 2. The molecule has 22 heavy (non-hydrogen) atoms. The van der Waals surface area contributed by atoms with Gasteiger partial charge in [-0.15, -0.1) is 0 Å². The number of aromatic nitrogens is 4. The van der Waals surface area contributed by atoms with E-state index in [-0.39, 0.29) is 0 Å². The van der Waals surface area contributed by atoms with Gasteiger partial charge in [-0.2, -0.15) is 0 Å². The number of fused-ring (bicyclic) bond motifs is 2. The molecule has 2 aromatic heterocycles. The molecular formula is C15H20N6S. The molecule has 0 aliphatic carbocycles. The molecule has 2 aromatic rings. The molecule has 0 amide bonds. The van der Waals surface area contributed by atoms with E-state index < -0.39 is 0 Å². The van der Waals surface area contributed by atoms with Crippen molar-refractivity contribution >= 4 is 17.6 Å². The second-order valence-corrected chi connectivity index (χ2v) is 6.67. The fourth-order valence-electron chi connectivity index (χ4n) is 3.29. The number of anilines is 1. The van der Waals surface area contributed by atoms with Crippen LogP contribution < -0.4 is 10.2 Å². The predicted octanol–water partition coefficient (Wildman–Crippen LogP) is 1.45. The zero-order valence-corrected chi connectivity index (χ0v) is 13.7. The van der Waals surface area contributed by atoms with Crippen molar-refractivity contribution in [1.29, 1.82) is 0 Å². The first-order valence-electron chi connectivity index (χ1n) is 7.66. The lowest BCUT2D eigenvalue weighted by Crippen LogP contribution is -2.42. The molecular weight excluding hydrogens is 296 g/mol. The molecule has 7 heteroatoms. The van der Waals surface area contributed by atoms with Gasteiger partial charge in [-0.3, -0.25) is 0 Å². The maximum absolute atomic E-state index is 4.86. The summed E-state index contributed by atoms with van der Waals surface area (Å²) in [5.41, 5.74) is 3.73. The van der Waals surface area contributed by atoms with E-state index in [0.717, 1.165) is 49.3 Å². The van der Waals surface area contributed by atoms with Crippen LogP contribution in [0.15, 0.2) is 17.7 Å². The summed E-state index contributed by atoms with van der Waals surface area (Å²) in [4.78, 5) is 16.2. The number of hydrogen-bond acceptors (Lipinski definition) is 6. The molecule has 0 bridgehead atoms. The molecule has 0 unspecified atom stereocenters. The van der Waals surface area contributed by atoms with Gasteiger partial charge in [0.1, 0.15) is 5.82 Å². The van der Waals surface area contributed by atoms with Gasteiger partial charge in [0.15, 0.2) is 5.16 Å². The molecule has 0 aromatic carbocycles. The summed E-state index contributed by atoms with van der Waals surface area (Å²) in [7, 11) is 0. The molecule has 0 saturated carbocycles. The zero-order chi connectivity index (χ0) is 15.1. The van der Waals surface area contributed by atoms with E-state index in [0.29, 0.717) is 6.04 Å². The molecule has 6 nitrogen and oxygen atoms in total. The van der Waals surface area contributed by atoms with Crippen LogP contribution in [0.1, 0.15) is 23.9 Å². The summed E-state index contributed by atoms with van der Waals surface area (Å²) in [5.74, 6) is 1.12. The normalized spacial score (nSPS) is 20.6. The first kappa shape index (κ1) is 14.0. The Morgan fingerprint density at radius 2 is 2.27 bits per heavy atom. The summed E-state index contributed by atoms with van der Waals surface area (Å²) in [6.07, 6.45) is 6.93. The molecule has 1 N–H and O–H groups in total. The maximum Gasteiger partial charge on any atom is 0.189 e. The Morgan fingerprint density at radius 3 is 3.14 bits per heavy atom. The standard InChI is InChI=1S/C15H20N6S/c1-10-7-20-9-17-5-11(20)8-21(10)14-12-3-4-16-6-13(12)18-15(19-14)22-2/h5,9-10,16H,3-4,6-8H2,1-2H3/t10-/m1/s1. The molecule has 0 radical (unpaired) electrons. The van der Waals surface area contributed by atoms with Crippen LogP contribution in [0.2, 0.25) is 0 Å². The van der Waals surface area contributed by atoms with Crippen molar-refractivity contribution in [3.8, 4) is 0 Å². The third-order valence-electron chi connectivity index (χ3n) is 4.47. The highest BCUT2D eigenvalue weighted by Gasteiger charge is 2.28. The van der Waals surface area contributed by atoms with E-state index in [1.165, 1.54) is 11.3 Å². The molecule has 0 fully saturated rings. The van der Waals surface area contributed by atoms with Crippen molar-refractivity contribution < 1.29 is 0 Å². The van der Waals surface area contributed by atoms with E-state index in [2.05, 4.69) is 26.7 Å². The number of imidazole rings is 1. The van der Waals surface area contributed by atoms with Crippen LogP contribution in [0, 0.1) is 0 Å². The maximum atomic E-state index is 4.86. The summed E-state index contributed by atoms with van der Waals surface area (Å²) >= 11 is 1.61. The number of thioether (sulfide) groups is 1. The highest BCUT2D eigenvalue weighted by Crippen LogP contribution is 2.31. The van der Waals surface area contributed by atoms with Gasteiger partial charge in [0, 0.05) is 30.9 Å². The van der Waals surface area contributed by atoms with Gasteiger partial charge in [-0.25, -0.2) is 15.0 Å². The largest absolute Gasteiger partial charge is 0.346 e. The Hall–Kier alpha value is -1.60. The third kappa shape index (κ3) is 2.28. The summed E-state index contributed by atoms with van der Waals surface area (Å²) in [5, 5.41) is 4.28. The Bertz CT molecular complexity index is 697. The summed E-state index contributed by atoms with van der Waals surface area (Å²) in [6, 6.07) is 0.408. The van der Waals surface area contributed by atoms with Crippen LogP contribution in [-0.2, 0) is 26.1 Å². The van der Waals surface area contributed by atoms with Crippen LogP contribution in [0.5, 0.6) is 0 Å². The second-order valence-electron chi connectivity index (χ2n) is 5.90. The monoisotopic (exact) mass is 316 g/mol. The average Bonchev–Trinajstić information content (AvgIpc) is 3.00. The smallest absolute Gasteiger partial charge is 0.189 e. The van der Waals surface area contributed by atoms with Crippen LogP contribution in [0.25, 0.3) is 0 Å². The van der Waals surface area contributed by atoms with Gasteiger partial charge in [-0.05, 0) is 26.1 Å². The van der Waals surface area contributed by atoms with E-state index in [1.807, 2.05) is 18.8 Å². The summed E-state index contributed by atoms with van der Waals surface area (Å²) < 4.78 is 2.24. The Kier molecular flexibility index (Phi) is 3.54. The Balaban J connectivity index is 1.78. The predicted molar refractivity (Wildman–Crippen MR) is 87.1 cm³/mol. The lowest BCUT2D eigenvalue weighted by atomic mass is 10.0. The van der Waals surface area contributed by atoms with Gasteiger partial charge in [-0.1, -0.05) is 11.8 Å². The van der Waals surface area contributed by atoms with Crippen molar-refractivity contribution in [1.82, 2.24) is 24.8 Å². The average molecular weight is 316 g/mol.